The van der Waals surface area contributed by atoms with Gasteiger partial charge in [-0.25, -0.2) is 4.98 Å². The number of anilines is 1. The van der Waals surface area contributed by atoms with Crippen LogP contribution in [0.15, 0.2) is 48.8 Å². The highest BCUT2D eigenvalue weighted by Crippen LogP contribution is 2.18. The van der Waals surface area contributed by atoms with Crippen LogP contribution in [0.5, 0.6) is 5.75 Å². The topological polar surface area (TPSA) is 53.1 Å². The Bertz CT molecular complexity index is 733. The number of methoxy groups -OCH3 is 1. The van der Waals surface area contributed by atoms with Gasteiger partial charge in [0.05, 0.1) is 24.5 Å². The maximum atomic E-state index is 5.77. The van der Waals surface area contributed by atoms with Gasteiger partial charge in [-0.3, -0.25) is 0 Å². The average molecular weight is 267 g/mol. The number of benzene rings is 2. The van der Waals surface area contributed by atoms with E-state index in [1.807, 2.05) is 36.7 Å². The molecule has 102 valence electrons. The van der Waals surface area contributed by atoms with E-state index in [9.17, 15) is 0 Å². The summed E-state index contributed by atoms with van der Waals surface area (Å²) in [5.74, 6) is 0.894. The molecule has 0 aliphatic heterocycles. The highest BCUT2D eigenvalue weighted by atomic mass is 16.5. The number of aryl methyl sites for hydroxylation is 2. The first-order valence-corrected chi connectivity index (χ1v) is 6.59. The van der Waals surface area contributed by atoms with Crippen molar-refractivity contribution >= 4 is 16.7 Å². The van der Waals surface area contributed by atoms with E-state index in [0.29, 0.717) is 0 Å². The molecular weight excluding hydrogens is 250 g/mol. The number of imidazole rings is 1. The molecule has 4 heteroatoms. The molecule has 3 aromatic rings. The molecule has 0 aliphatic carbocycles. The maximum absolute atomic E-state index is 5.77. The molecule has 0 saturated heterocycles. The predicted molar refractivity (Wildman–Crippen MR) is 80.8 cm³/mol. The van der Waals surface area contributed by atoms with Crippen molar-refractivity contribution in [2.75, 3.05) is 12.8 Å². The lowest BCUT2D eigenvalue weighted by molar-refractivity contribution is 0.414. The zero-order valence-corrected chi connectivity index (χ0v) is 11.4. The smallest absolute Gasteiger partial charge is 0.119 e. The summed E-state index contributed by atoms with van der Waals surface area (Å²) >= 11 is 0. The minimum atomic E-state index is 0.746. The number of nitrogens with two attached hydrogens (primary N) is 1. The van der Waals surface area contributed by atoms with Gasteiger partial charge in [-0.15, -0.1) is 0 Å². The molecule has 1 aromatic heterocycles. The Kier molecular flexibility index (Phi) is 3.29. The molecule has 0 aliphatic rings. The number of rotatable bonds is 4. The zero-order valence-electron chi connectivity index (χ0n) is 11.4. The second-order valence-electron chi connectivity index (χ2n) is 4.79. The van der Waals surface area contributed by atoms with Crippen LogP contribution in [0.4, 0.5) is 5.69 Å². The lowest BCUT2D eigenvalue weighted by Crippen LogP contribution is -2.00. The van der Waals surface area contributed by atoms with Crippen LogP contribution in [0.25, 0.3) is 11.0 Å². The molecule has 0 fully saturated rings. The van der Waals surface area contributed by atoms with Gasteiger partial charge in [0.2, 0.25) is 0 Å². The summed E-state index contributed by atoms with van der Waals surface area (Å²) in [6.45, 7) is 0.883. The lowest BCUT2D eigenvalue weighted by Gasteiger charge is -2.06. The van der Waals surface area contributed by atoms with Crippen LogP contribution in [-0.4, -0.2) is 16.7 Å². The fourth-order valence-electron chi connectivity index (χ4n) is 2.34. The predicted octanol–water partition coefficient (Wildman–Crippen LogP) is 2.87. The first kappa shape index (κ1) is 12.5. The monoisotopic (exact) mass is 267 g/mol. The van der Waals surface area contributed by atoms with Crippen molar-refractivity contribution in [2.45, 2.75) is 13.0 Å². The molecule has 20 heavy (non-hydrogen) atoms. The molecule has 0 bridgehead atoms. The van der Waals surface area contributed by atoms with Crippen LogP contribution in [-0.2, 0) is 13.0 Å². The standard InChI is InChI=1S/C16H17N3O/c1-20-14-4-2-3-12(9-14)7-8-19-11-18-15-10-13(17)5-6-16(15)19/h2-6,9-11H,7-8,17H2,1H3. The quantitative estimate of drug-likeness (QED) is 0.739. The molecule has 0 unspecified atom stereocenters. The van der Waals surface area contributed by atoms with Crippen molar-refractivity contribution in [1.82, 2.24) is 9.55 Å². The van der Waals surface area contributed by atoms with Gasteiger partial charge in [-0.05, 0) is 42.3 Å². The molecule has 0 radical (unpaired) electrons. The number of hydrogen-bond acceptors (Lipinski definition) is 3. The number of aromatic nitrogens is 2. The summed E-state index contributed by atoms with van der Waals surface area (Å²) in [5, 5.41) is 0. The van der Waals surface area contributed by atoms with Gasteiger partial charge >= 0.3 is 0 Å². The van der Waals surface area contributed by atoms with E-state index in [2.05, 4.69) is 21.7 Å². The van der Waals surface area contributed by atoms with Gasteiger partial charge in [-0.1, -0.05) is 12.1 Å². The van der Waals surface area contributed by atoms with Crippen LogP contribution in [0.2, 0.25) is 0 Å². The summed E-state index contributed by atoms with van der Waals surface area (Å²) in [6, 6.07) is 14.0. The molecule has 0 spiro atoms. The second kappa shape index (κ2) is 5.25. The van der Waals surface area contributed by atoms with Crippen LogP contribution >= 0.6 is 0 Å². The molecule has 0 saturated carbocycles. The fraction of sp³-hybridized carbons (Fsp3) is 0.188. The summed E-state index contributed by atoms with van der Waals surface area (Å²) in [4.78, 5) is 4.38. The first-order chi connectivity index (χ1) is 9.76. The molecule has 1 heterocycles. The van der Waals surface area contributed by atoms with Gasteiger partial charge in [-0.2, -0.15) is 0 Å². The molecule has 2 aromatic carbocycles. The number of fused-ring (bicyclic) bond motifs is 1. The van der Waals surface area contributed by atoms with Gasteiger partial charge in [0, 0.05) is 12.2 Å². The van der Waals surface area contributed by atoms with Crippen LogP contribution in [0.3, 0.4) is 0 Å². The minimum absolute atomic E-state index is 0.746. The van der Waals surface area contributed by atoms with Crippen molar-refractivity contribution in [3.05, 3.63) is 54.4 Å². The van der Waals surface area contributed by atoms with Crippen LogP contribution in [0.1, 0.15) is 5.56 Å². The Morgan fingerprint density at radius 1 is 1.20 bits per heavy atom. The second-order valence-corrected chi connectivity index (χ2v) is 4.79. The molecule has 3 rings (SSSR count). The SMILES string of the molecule is COc1cccc(CCn2cnc3cc(N)ccc32)c1. The third-order valence-corrected chi connectivity index (χ3v) is 3.42. The summed E-state index contributed by atoms with van der Waals surface area (Å²) in [7, 11) is 1.69. The third kappa shape index (κ3) is 2.45. The fourth-order valence-corrected chi connectivity index (χ4v) is 2.34. The van der Waals surface area contributed by atoms with Crippen LogP contribution < -0.4 is 10.5 Å². The number of nitrogens with zero attached hydrogens (tertiary/aromatic N) is 2. The molecular formula is C16H17N3O. The maximum Gasteiger partial charge on any atom is 0.119 e. The highest BCUT2D eigenvalue weighted by molar-refractivity contribution is 5.78. The molecule has 0 atom stereocenters. The summed E-state index contributed by atoms with van der Waals surface area (Å²) in [5.41, 5.74) is 9.82. The third-order valence-electron chi connectivity index (χ3n) is 3.42. The minimum Gasteiger partial charge on any atom is -0.497 e. The van der Waals surface area contributed by atoms with Gasteiger partial charge in [0.1, 0.15) is 5.75 Å². The van der Waals surface area contributed by atoms with E-state index in [0.717, 1.165) is 35.4 Å². The lowest BCUT2D eigenvalue weighted by atomic mass is 10.1. The number of nitrogen functional groups attached to an aromatic ring is 1. The Morgan fingerprint density at radius 3 is 2.95 bits per heavy atom. The van der Waals surface area contributed by atoms with E-state index in [1.165, 1.54) is 5.56 Å². The largest absolute Gasteiger partial charge is 0.497 e. The Morgan fingerprint density at radius 2 is 2.10 bits per heavy atom. The highest BCUT2D eigenvalue weighted by Gasteiger charge is 2.03. The van der Waals surface area contributed by atoms with Crippen molar-refractivity contribution in [3.63, 3.8) is 0 Å². The van der Waals surface area contributed by atoms with E-state index in [-0.39, 0.29) is 0 Å². The van der Waals surface area contributed by atoms with Crippen molar-refractivity contribution in [3.8, 4) is 5.75 Å². The number of hydrogen-bond donors (Lipinski definition) is 1. The van der Waals surface area contributed by atoms with Gasteiger partial charge < -0.3 is 15.0 Å². The Labute approximate surface area is 117 Å². The van der Waals surface area contributed by atoms with E-state index in [4.69, 9.17) is 10.5 Å². The van der Waals surface area contributed by atoms with Crippen molar-refractivity contribution in [1.29, 1.82) is 0 Å². The normalized spacial score (nSPS) is 10.8. The molecule has 2 N–H and O–H groups in total. The van der Waals surface area contributed by atoms with Crippen LogP contribution in [0, 0.1) is 0 Å². The Hall–Kier alpha value is -2.49. The summed E-state index contributed by atoms with van der Waals surface area (Å²) < 4.78 is 7.39. The van der Waals surface area contributed by atoms with E-state index in [1.54, 1.807) is 7.11 Å². The first-order valence-electron chi connectivity index (χ1n) is 6.59. The van der Waals surface area contributed by atoms with Crippen molar-refractivity contribution in [2.24, 2.45) is 0 Å². The molecule has 4 nitrogen and oxygen atoms in total. The zero-order chi connectivity index (χ0) is 13.9. The van der Waals surface area contributed by atoms with E-state index >= 15 is 0 Å². The number of ether oxygens (including phenoxy) is 1. The van der Waals surface area contributed by atoms with Crippen molar-refractivity contribution < 1.29 is 4.74 Å². The summed E-state index contributed by atoms with van der Waals surface area (Å²) in [6.07, 6.45) is 2.80. The van der Waals surface area contributed by atoms with E-state index < -0.39 is 0 Å². The Balaban J connectivity index is 1.79. The van der Waals surface area contributed by atoms with Gasteiger partial charge in [0.25, 0.3) is 0 Å². The average Bonchev–Trinajstić information content (AvgIpc) is 2.87. The molecule has 0 amide bonds. The van der Waals surface area contributed by atoms with Gasteiger partial charge in [0.15, 0.2) is 0 Å².